The van der Waals surface area contributed by atoms with Crippen molar-refractivity contribution < 1.29 is 38.6 Å². The molecule has 0 spiro atoms. The zero-order chi connectivity index (χ0) is 40.8. The fourth-order valence-electron chi connectivity index (χ4n) is 5.89. The average molecular weight is 771 g/mol. The number of anilines is 1. The van der Waals surface area contributed by atoms with E-state index in [4.69, 9.17) is 4.74 Å². The minimum atomic E-state index is -1.48. The number of aliphatic hydroxyl groups is 1. The molecule has 4 rings (SSSR count). The van der Waals surface area contributed by atoms with Gasteiger partial charge in [0.15, 0.2) is 0 Å². The summed E-state index contributed by atoms with van der Waals surface area (Å²) >= 11 is 0. The summed E-state index contributed by atoms with van der Waals surface area (Å²) in [4.78, 5) is 86.5. The van der Waals surface area contributed by atoms with Gasteiger partial charge in [0, 0.05) is 41.0 Å². The van der Waals surface area contributed by atoms with Crippen molar-refractivity contribution in [3.8, 4) is 5.75 Å². The van der Waals surface area contributed by atoms with E-state index in [1.807, 2.05) is 44.2 Å². The molecule has 0 fully saturated rings. The van der Waals surface area contributed by atoms with Gasteiger partial charge in [-0.1, -0.05) is 70.2 Å². The van der Waals surface area contributed by atoms with Crippen LogP contribution in [0.15, 0.2) is 79.3 Å². The van der Waals surface area contributed by atoms with E-state index in [9.17, 15) is 33.9 Å². The molecule has 0 radical (unpaired) electrons. The van der Waals surface area contributed by atoms with Gasteiger partial charge in [-0.05, 0) is 41.8 Å². The van der Waals surface area contributed by atoms with E-state index in [0.29, 0.717) is 22.7 Å². The number of H-pyrrole nitrogens is 1. The van der Waals surface area contributed by atoms with Gasteiger partial charge in [-0.15, -0.1) is 0 Å². The molecule has 298 valence electrons. The number of nitrogens with one attached hydrogen (secondary N) is 7. The summed E-state index contributed by atoms with van der Waals surface area (Å²) in [6.45, 7) is 6.01. The van der Waals surface area contributed by atoms with Crippen molar-refractivity contribution in [1.29, 1.82) is 0 Å². The predicted octanol–water partition coefficient (Wildman–Crippen LogP) is 1.82. The number of ether oxygens (including phenoxy) is 1. The van der Waals surface area contributed by atoms with Crippen LogP contribution in [0.5, 0.6) is 5.75 Å². The number of carbonyl (C=O) groups excluding carboxylic acids is 6. The molecule has 4 aromatic rings. The highest BCUT2D eigenvalue weighted by Gasteiger charge is 2.33. The molecule has 4 atom stereocenters. The number of methoxy groups -OCH3 is 1. The average Bonchev–Trinajstić information content (AvgIpc) is 3.70. The minimum absolute atomic E-state index is 0.0700. The topological polar surface area (TPSA) is 233 Å². The van der Waals surface area contributed by atoms with E-state index in [1.54, 1.807) is 57.4 Å². The molecule has 16 nitrogen and oxygen atoms in total. The number of aromatic nitrogens is 2. The molecule has 8 N–H and O–H groups in total. The molecule has 3 aromatic carbocycles. The van der Waals surface area contributed by atoms with Crippen LogP contribution < -0.4 is 36.6 Å². The van der Waals surface area contributed by atoms with Crippen molar-refractivity contribution in [2.24, 2.45) is 11.8 Å². The number of nitrogens with zero attached hydrogens (tertiary/aromatic N) is 1. The van der Waals surface area contributed by atoms with Crippen LogP contribution in [-0.4, -0.2) is 94.9 Å². The van der Waals surface area contributed by atoms with E-state index in [0.717, 1.165) is 10.8 Å². The maximum absolute atomic E-state index is 13.9. The standard InChI is InChI=1S/C40H50N8O8/c1-23(2)15-30(38(53)48-35(24(3)4)40(55)44-27-16-26-13-9-10-14-29(26)33(18-27)56-5)46-37(52)31(17-28-19-41-22-43-28)47-39(54)32(21-49)45-34(50)20-42-36(51)25-11-7-6-8-12-25/h6-14,16,18-19,22-24,30-32,35,49H,15,17,20-21H2,1-5H3,(H,41,43)(H,42,51)(H,44,55)(H,45,50)(H,46,52)(H,47,54)(H,48,53)/t30-,31-,32-,35-/m0/s1. The number of aromatic amines is 1. The first-order valence-corrected chi connectivity index (χ1v) is 18.3. The molecule has 0 aliphatic rings. The molecule has 0 saturated carbocycles. The number of imidazole rings is 1. The second-order valence-electron chi connectivity index (χ2n) is 14.0. The SMILES string of the molecule is COc1cc(NC(=O)[C@@H](NC(=O)[C@H](CC(C)C)NC(=O)[C@H](Cc2cnc[nH]2)NC(=O)[C@H](CO)NC(=O)CNC(=O)c2ccccc2)C(C)C)cc2ccccc12. The van der Waals surface area contributed by atoms with Gasteiger partial charge in [-0.2, -0.15) is 0 Å². The fraction of sp³-hybridized carbons (Fsp3) is 0.375. The maximum Gasteiger partial charge on any atom is 0.251 e. The number of benzene rings is 3. The molecule has 0 unspecified atom stereocenters. The summed E-state index contributed by atoms with van der Waals surface area (Å²) in [5, 5.41) is 27.5. The molecule has 0 aliphatic heterocycles. The first kappa shape index (κ1) is 42.5. The van der Waals surface area contributed by atoms with E-state index < -0.39 is 72.8 Å². The van der Waals surface area contributed by atoms with Gasteiger partial charge in [0.05, 0.1) is 26.6 Å². The summed E-state index contributed by atoms with van der Waals surface area (Å²) in [5.41, 5.74) is 1.29. The number of hydrogen-bond acceptors (Lipinski definition) is 9. The number of amides is 6. The zero-order valence-electron chi connectivity index (χ0n) is 32.1. The lowest BCUT2D eigenvalue weighted by molar-refractivity contribution is -0.135. The highest BCUT2D eigenvalue weighted by Crippen LogP contribution is 2.30. The van der Waals surface area contributed by atoms with E-state index >= 15 is 0 Å². The molecule has 6 amide bonds. The van der Waals surface area contributed by atoms with Gasteiger partial charge in [0.25, 0.3) is 5.91 Å². The maximum atomic E-state index is 13.9. The zero-order valence-corrected chi connectivity index (χ0v) is 32.1. The Kier molecular flexibility index (Phi) is 15.5. The third-order valence-corrected chi connectivity index (χ3v) is 8.79. The Bertz CT molecular complexity index is 1970. The van der Waals surface area contributed by atoms with Gasteiger partial charge in [0.1, 0.15) is 29.9 Å². The van der Waals surface area contributed by atoms with E-state index in [2.05, 4.69) is 41.9 Å². The van der Waals surface area contributed by atoms with Crippen molar-refractivity contribution in [3.63, 3.8) is 0 Å². The van der Waals surface area contributed by atoms with Crippen molar-refractivity contribution in [2.45, 2.75) is 64.7 Å². The van der Waals surface area contributed by atoms with Crippen molar-refractivity contribution >= 4 is 51.9 Å². The summed E-state index contributed by atoms with van der Waals surface area (Å²) in [6.07, 6.45) is 2.97. The molecule has 16 heteroatoms. The first-order chi connectivity index (χ1) is 26.8. The second-order valence-corrected chi connectivity index (χ2v) is 14.0. The molecular formula is C40H50N8O8. The lowest BCUT2D eigenvalue weighted by Crippen LogP contribution is -2.59. The van der Waals surface area contributed by atoms with E-state index in [-0.39, 0.29) is 24.7 Å². The number of fused-ring (bicyclic) bond motifs is 1. The molecule has 0 aliphatic carbocycles. The van der Waals surface area contributed by atoms with Crippen molar-refractivity contribution in [3.05, 3.63) is 90.5 Å². The van der Waals surface area contributed by atoms with Crippen LogP contribution in [0.3, 0.4) is 0 Å². The van der Waals surface area contributed by atoms with Crippen LogP contribution in [0.2, 0.25) is 0 Å². The number of hydrogen-bond donors (Lipinski definition) is 8. The van der Waals surface area contributed by atoms with Crippen molar-refractivity contribution in [1.82, 2.24) is 36.6 Å². The Balaban J connectivity index is 1.45. The van der Waals surface area contributed by atoms with Crippen LogP contribution in [0.25, 0.3) is 10.8 Å². The van der Waals surface area contributed by atoms with Crippen LogP contribution in [0.1, 0.15) is 50.2 Å². The first-order valence-electron chi connectivity index (χ1n) is 18.3. The highest BCUT2D eigenvalue weighted by atomic mass is 16.5. The number of carbonyl (C=O) groups is 6. The molecule has 0 bridgehead atoms. The third-order valence-electron chi connectivity index (χ3n) is 8.79. The summed E-state index contributed by atoms with van der Waals surface area (Å²) in [7, 11) is 1.54. The molecule has 0 saturated heterocycles. The quantitative estimate of drug-likeness (QED) is 0.0694. The molecule has 1 aromatic heterocycles. The van der Waals surface area contributed by atoms with Crippen LogP contribution in [-0.2, 0) is 30.4 Å². The summed E-state index contributed by atoms with van der Waals surface area (Å²) in [5.74, 6) is -3.81. The number of aliphatic hydroxyl groups excluding tert-OH is 1. The van der Waals surface area contributed by atoms with Crippen LogP contribution in [0.4, 0.5) is 5.69 Å². The Morgan fingerprint density at radius 2 is 1.45 bits per heavy atom. The summed E-state index contributed by atoms with van der Waals surface area (Å²) < 4.78 is 5.53. The Hall–Kier alpha value is -6.29. The van der Waals surface area contributed by atoms with E-state index in [1.165, 1.54) is 12.5 Å². The van der Waals surface area contributed by atoms with Gasteiger partial charge >= 0.3 is 0 Å². The van der Waals surface area contributed by atoms with Gasteiger partial charge in [-0.3, -0.25) is 28.8 Å². The van der Waals surface area contributed by atoms with Gasteiger partial charge in [0.2, 0.25) is 29.5 Å². The van der Waals surface area contributed by atoms with Gasteiger partial charge < -0.3 is 46.7 Å². The minimum Gasteiger partial charge on any atom is -0.496 e. The monoisotopic (exact) mass is 770 g/mol. The van der Waals surface area contributed by atoms with Gasteiger partial charge in [-0.25, -0.2) is 4.98 Å². The molecular weight excluding hydrogens is 720 g/mol. The Morgan fingerprint density at radius 1 is 0.786 bits per heavy atom. The highest BCUT2D eigenvalue weighted by molar-refractivity contribution is 6.02. The molecule has 56 heavy (non-hydrogen) atoms. The lowest BCUT2D eigenvalue weighted by Gasteiger charge is -2.28. The summed E-state index contributed by atoms with van der Waals surface area (Å²) in [6, 6.07) is 14.4. The Morgan fingerprint density at radius 3 is 2.09 bits per heavy atom. The third kappa shape index (κ3) is 12.1. The van der Waals surface area contributed by atoms with Crippen LogP contribution in [0, 0.1) is 11.8 Å². The normalized spacial score (nSPS) is 13.2. The predicted molar refractivity (Wildman–Crippen MR) is 209 cm³/mol. The second kappa shape index (κ2) is 20.4. The van der Waals surface area contributed by atoms with Crippen molar-refractivity contribution in [2.75, 3.05) is 25.6 Å². The number of rotatable bonds is 19. The smallest absolute Gasteiger partial charge is 0.251 e. The fourth-order valence-corrected chi connectivity index (χ4v) is 5.89. The Labute approximate surface area is 324 Å². The molecule has 1 heterocycles. The van der Waals surface area contributed by atoms with Crippen LogP contribution >= 0.6 is 0 Å². The lowest BCUT2D eigenvalue weighted by atomic mass is 9.99. The largest absolute Gasteiger partial charge is 0.496 e.